The Bertz CT molecular complexity index is 547. The lowest BCUT2D eigenvalue weighted by atomic mass is 10.0. The van der Waals surface area contributed by atoms with Crippen molar-refractivity contribution in [3.8, 4) is 0 Å². The van der Waals surface area contributed by atoms with Crippen LogP contribution in [0.2, 0.25) is 0 Å². The van der Waals surface area contributed by atoms with Crippen LogP contribution >= 0.6 is 0 Å². The number of likely N-dealkylation sites (N-methyl/N-ethyl adjacent to an activating group) is 1. The molecule has 1 aromatic carbocycles. The second-order valence-corrected chi connectivity index (χ2v) is 3.90. The van der Waals surface area contributed by atoms with E-state index in [9.17, 15) is 9.18 Å². The number of halogens is 1. The SMILES string of the molecule is CCNC(C)C(=O)c1ccc2occc2c1F. The van der Waals surface area contributed by atoms with Crippen molar-refractivity contribution >= 4 is 16.8 Å². The number of fused-ring (bicyclic) bond motifs is 1. The van der Waals surface area contributed by atoms with E-state index in [2.05, 4.69) is 5.32 Å². The minimum absolute atomic E-state index is 0.104. The number of Topliss-reactive ketones (excluding diaryl/α,β-unsaturated/α-hetero) is 1. The van der Waals surface area contributed by atoms with Crippen molar-refractivity contribution in [3.05, 3.63) is 35.8 Å². The van der Waals surface area contributed by atoms with Gasteiger partial charge in [0, 0.05) is 0 Å². The van der Waals surface area contributed by atoms with Gasteiger partial charge in [-0.1, -0.05) is 6.92 Å². The maximum Gasteiger partial charge on any atom is 0.182 e. The normalized spacial score (nSPS) is 12.9. The van der Waals surface area contributed by atoms with Gasteiger partial charge >= 0.3 is 0 Å². The molecule has 0 fully saturated rings. The Labute approximate surface area is 98.6 Å². The van der Waals surface area contributed by atoms with Crippen molar-refractivity contribution in [1.82, 2.24) is 5.32 Å². The number of nitrogens with one attached hydrogen (secondary N) is 1. The van der Waals surface area contributed by atoms with Gasteiger partial charge in [0.1, 0.15) is 11.4 Å². The van der Waals surface area contributed by atoms with Crippen molar-refractivity contribution in [1.29, 1.82) is 0 Å². The zero-order valence-corrected chi connectivity index (χ0v) is 9.79. The van der Waals surface area contributed by atoms with E-state index < -0.39 is 5.82 Å². The first kappa shape index (κ1) is 11.8. The first-order chi connectivity index (χ1) is 8.15. The predicted molar refractivity (Wildman–Crippen MR) is 63.6 cm³/mol. The maximum atomic E-state index is 14.0. The molecule has 3 nitrogen and oxygen atoms in total. The van der Waals surface area contributed by atoms with Gasteiger partial charge in [-0.3, -0.25) is 4.79 Å². The zero-order valence-electron chi connectivity index (χ0n) is 9.79. The van der Waals surface area contributed by atoms with Gasteiger partial charge in [0.05, 0.1) is 23.3 Å². The molecule has 0 saturated heterocycles. The first-order valence-electron chi connectivity index (χ1n) is 5.58. The van der Waals surface area contributed by atoms with E-state index in [1.54, 1.807) is 13.0 Å². The highest BCUT2D eigenvalue weighted by atomic mass is 19.1. The molecule has 0 spiro atoms. The van der Waals surface area contributed by atoms with Crippen LogP contribution in [0.25, 0.3) is 11.0 Å². The van der Waals surface area contributed by atoms with E-state index in [0.29, 0.717) is 17.5 Å². The molecule has 17 heavy (non-hydrogen) atoms. The molecule has 2 rings (SSSR count). The number of benzene rings is 1. The first-order valence-corrected chi connectivity index (χ1v) is 5.58. The Hall–Kier alpha value is -1.68. The molecule has 1 atom stereocenters. The predicted octanol–water partition coefficient (Wildman–Crippen LogP) is 2.75. The summed E-state index contributed by atoms with van der Waals surface area (Å²) in [6.45, 7) is 4.30. The fraction of sp³-hybridized carbons (Fsp3) is 0.308. The van der Waals surface area contributed by atoms with Crippen molar-refractivity contribution < 1.29 is 13.6 Å². The van der Waals surface area contributed by atoms with Crippen molar-refractivity contribution in [2.75, 3.05) is 6.54 Å². The van der Waals surface area contributed by atoms with Crippen LogP contribution in [0.3, 0.4) is 0 Å². The van der Waals surface area contributed by atoms with E-state index in [1.165, 1.54) is 18.4 Å². The smallest absolute Gasteiger partial charge is 0.182 e. The Kier molecular flexibility index (Phi) is 3.24. The monoisotopic (exact) mass is 235 g/mol. The number of ketones is 1. The third-order valence-corrected chi connectivity index (χ3v) is 2.74. The molecular formula is C13H14FNO2. The lowest BCUT2D eigenvalue weighted by Gasteiger charge is -2.11. The summed E-state index contributed by atoms with van der Waals surface area (Å²) in [7, 11) is 0. The van der Waals surface area contributed by atoms with E-state index in [4.69, 9.17) is 4.42 Å². The quantitative estimate of drug-likeness (QED) is 0.828. The van der Waals surface area contributed by atoms with Crippen LogP contribution in [-0.2, 0) is 0 Å². The van der Waals surface area contributed by atoms with Crippen LogP contribution in [0.4, 0.5) is 4.39 Å². The molecule has 0 amide bonds. The molecule has 90 valence electrons. The van der Waals surface area contributed by atoms with E-state index in [1.807, 2.05) is 6.92 Å². The van der Waals surface area contributed by atoms with Crippen LogP contribution in [0.1, 0.15) is 24.2 Å². The summed E-state index contributed by atoms with van der Waals surface area (Å²) < 4.78 is 19.1. The summed E-state index contributed by atoms with van der Waals surface area (Å²) in [5.74, 6) is -0.751. The van der Waals surface area contributed by atoms with Gasteiger partial charge in [0.2, 0.25) is 0 Å². The number of carbonyl (C=O) groups is 1. The highest BCUT2D eigenvalue weighted by Gasteiger charge is 2.20. The third-order valence-electron chi connectivity index (χ3n) is 2.74. The van der Waals surface area contributed by atoms with E-state index in [0.717, 1.165) is 0 Å². The van der Waals surface area contributed by atoms with Crippen molar-refractivity contribution in [2.24, 2.45) is 0 Å². The second-order valence-electron chi connectivity index (χ2n) is 3.90. The topological polar surface area (TPSA) is 42.2 Å². The van der Waals surface area contributed by atoms with Gasteiger partial charge in [-0.25, -0.2) is 4.39 Å². The summed E-state index contributed by atoms with van der Waals surface area (Å²) >= 11 is 0. The number of rotatable bonds is 4. The lowest BCUT2D eigenvalue weighted by Crippen LogP contribution is -2.34. The average molecular weight is 235 g/mol. The number of carbonyl (C=O) groups excluding carboxylic acids is 1. The van der Waals surface area contributed by atoms with Gasteiger partial charge < -0.3 is 9.73 Å². The molecule has 0 aliphatic carbocycles. The third kappa shape index (κ3) is 2.08. The minimum atomic E-state index is -0.508. The Morgan fingerprint density at radius 1 is 1.47 bits per heavy atom. The van der Waals surface area contributed by atoms with E-state index >= 15 is 0 Å². The molecule has 0 bridgehead atoms. The molecule has 1 heterocycles. The minimum Gasteiger partial charge on any atom is -0.464 e. The number of hydrogen-bond acceptors (Lipinski definition) is 3. The van der Waals surface area contributed by atoms with E-state index in [-0.39, 0.29) is 17.4 Å². The highest BCUT2D eigenvalue weighted by Crippen LogP contribution is 2.22. The summed E-state index contributed by atoms with van der Waals surface area (Å²) in [6.07, 6.45) is 1.41. The Morgan fingerprint density at radius 2 is 2.24 bits per heavy atom. The molecule has 1 unspecified atom stereocenters. The molecule has 0 aliphatic rings. The Balaban J connectivity index is 2.41. The maximum absolute atomic E-state index is 14.0. The average Bonchev–Trinajstić information content (AvgIpc) is 2.78. The van der Waals surface area contributed by atoms with Gasteiger partial charge in [0.25, 0.3) is 0 Å². The van der Waals surface area contributed by atoms with Crippen LogP contribution in [-0.4, -0.2) is 18.4 Å². The largest absolute Gasteiger partial charge is 0.464 e. The van der Waals surface area contributed by atoms with Crippen LogP contribution in [0.5, 0.6) is 0 Å². The summed E-state index contributed by atoms with van der Waals surface area (Å²) in [5, 5.41) is 3.32. The molecule has 0 radical (unpaired) electrons. The number of hydrogen-bond donors (Lipinski definition) is 1. The summed E-state index contributed by atoms with van der Waals surface area (Å²) in [4.78, 5) is 12.0. The lowest BCUT2D eigenvalue weighted by molar-refractivity contribution is 0.0948. The fourth-order valence-electron chi connectivity index (χ4n) is 1.83. The number of furan rings is 1. The van der Waals surface area contributed by atoms with Crippen molar-refractivity contribution in [3.63, 3.8) is 0 Å². The molecule has 4 heteroatoms. The standard InChI is InChI=1S/C13H14FNO2/c1-3-15-8(2)13(16)10-4-5-11-9(12(10)14)6-7-17-11/h4-8,15H,3H2,1-2H3. The summed E-state index contributed by atoms with van der Waals surface area (Å²) in [5.41, 5.74) is 0.558. The van der Waals surface area contributed by atoms with Gasteiger partial charge in [0.15, 0.2) is 5.78 Å². The molecule has 2 aromatic rings. The molecule has 0 aliphatic heterocycles. The molecule has 1 aromatic heterocycles. The van der Waals surface area contributed by atoms with Crippen LogP contribution in [0.15, 0.2) is 28.9 Å². The van der Waals surface area contributed by atoms with Gasteiger partial charge in [-0.05, 0) is 31.7 Å². The molecular weight excluding hydrogens is 221 g/mol. The fourth-order valence-corrected chi connectivity index (χ4v) is 1.83. The van der Waals surface area contributed by atoms with Gasteiger partial charge in [-0.15, -0.1) is 0 Å². The zero-order chi connectivity index (χ0) is 12.4. The highest BCUT2D eigenvalue weighted by molar-refractivity contribution is 6.02. The van der Waals surface area contributed by atoms with Gasteiger partial charge in [-0.2, -0.15) is 0 Å². The van der Waals surface area contributed by atoms with Crippen molar-refractivity contribution in [2.45, 2.75) is 19.9 Å². The molecule has 1 N–H and O–H groups in total. The molecule has 0 saturated carbocycles. The van der Waals surface area contributed by atoms with Crippen LogP contribution in [0, 0.1) is 5.82 Å². The van der Waals surface area contributed by atoms with Crippen LogP contribution < -0.4 is 5.32 Å². The Morgan fingerprint density at radius 3 is 2.94 bits per heavy atom. The summed E-state index contributed by atoms with van der Waals surface area (Å²) in [6, 6.07) is 4.22. The second kappa shape index (κ2) is 4.67.